The zero-order chi connectivity index (χ0) is 15.6. The summed E-state index contributed by atoms with van der Waals surface area (Å²) >= 11 is 3.19. The van der Waals surface area contributed by atoms with Gasteiger partial charge in [0.15, 0.2) is 0 Å². The Morgan fingerprint density at radius 3 is 2.62 bits per heavy atom. The van der Waals surface area contributed by atoms with E-state index >= 15 is 0 Å². The number of hydrogen-bond donors (Lipinski definition) is 2. The molecule has 0 radical (unpaired) electrons. The maximum Gasteiger partial charge on any atom is 0.265 e. The van der Waals surface area contributed by atoms with E-state index in [2.05, 4.69) is 20.7 Å². The van der Waals surface area contributed by atoms with Crippen LogP contribution in [0.2, 0.25) is 0 Å². The summed E-state index contributed by atoms with van der Waals surface area (Å²) in [7, 11) is -2.67. The van der Waals surface area contributed by atoms with E-state index < -0.39 is 15.8 Å². The van der Waals surface area contributed by atoms with Crippen LogP contribution in [0, 0.1) is 5.82 Å². The summed E-state index contributed by atoms with van der Waals surface area (Å²) in [5.41, 5.74) is 5.55. The zero-order valence-electron chi connectivity index (χ0n) is 10.9. The first kappa shape index (κ1) is 15.6. The van der Waals surface area contributed by atoms with Gasteiger partial charge in [-0.25, -0.2) is 12.8 Å². The second-order valence-electron chi connectivity index (χ2n) is 4.14. The van der Waals surface area contributed by atoms with Crippen molar-refractivity contribution in [3.05, 3.63) is 46.7 Å². The molecule has 0 bridgehead atoms. The van der Waals surface area contributed by atoms with Crippen LogP contribution in [0.3, 0.4) is 0 Å². The minimum atomic E-state index is -4.02. The van der Waals surface area contributed by atoms with Crippen molar-refractivity contribution in [3.8, 4) is 5.75 Å². The minimum Gasteiger partial charge on any atom is -0.495 e. The maximum absolute atomic E-state index is 13.7. The Labute approximate surface area is 130 Å². The number of methoxy groups -OCH3 is 1. The number of hydrogen-bond acceptors (Lipinski definition) is 4. The van der Waals surface area contributed by atoms with Gasteiger partial charge in [0, 0.05) is 10.2 Å². The van der Waals surface area contributed by atoms with Gasteiger partial charge in [-0.2, -0.15) is 0 Å². The van der Waals surface area contributed by atoms with Crippen LogP contribution in [0.5, 0.6) is 5.75 Å². The number of nitrogens with one attached hydrogen (secondary N) is 1. The third-order valence-corrected chi connectivity index (χ3v) is 4.53. The number of nitrogens with two attached hydrogens (primary N) is 1. The standard InChI is InChI=1S/C13H12BrFN2O3S/c1-20-12-5-2-8(14)6-13(12)21(18,19)17-11-7-9(16)3-4-10(11)15/h2-7,17H,16H2,1H3. The van der Waals surface area contributed by atoms with Crippen molar-refractivity contribution in [3.63, 3.8) is 0 Å². The molecule has 0 aromatic heterocycles. The summed E-state index contributed by atoms with van der Waals surface area (Å²) in [5, 5.41) is 0. The van der Waals surface area contributed by atoms with Gasteiger partial charge in [-0.1, -0.05) is 15.9 Å². The lowest BCUT2D eigenvalue weighted by atomic mass is 10.3. The SMILES string of the molecule is COc1ccc(Br)cc1S(=O)(=O)Nc1cc(N)ccc1F. The molecule has 0 amide bonds. The summed E-state index contributed by atoms with van der Waals surface area (Å²) in [6, 6.07) is 8.13. The molecule has 3 N–H and O–H groups in total. The molecule has 0 saturated carbocycles. The van der Waals surface area contributed by atoms with Crippen molar-refractivity contribution in [1.82, 2.24) is 0 Å². The van der Waals surface area contributed by atoms with Gasteiger partial charge in [-0.05, 0) is 36.4 Å². The molecule has 0 aliphatic rings. The first-order valence-corrected chi connectivity index (χ1v) is 8.02. The maximum atomic E-state index is 13.7. The number of anilines is 2. The highest BCUT2D eigenvalue weighted by atomic mass is 79.9. The van der Waals surface area contributed by atoms with Crippen LogP contribution in [0.1, 0.15) is 0 Å². The molecule has 112 valence electrons. The van der Waals surface area contributed by atoms with Crippen LogP contribution in [0.15, 0.2) is 45.8 Å². The lowest BCUT2D eigenvalue weighted by molar-refractivity contribution is 0.402. The van der Waals surface area contributed by atoms with E-state index in [9.17, 15) is 12.8 Å². The summed E-state index contributed by atoms with van der Waals surface area (Å²) < 4.78 is 46.1. The van der Waals surface area contributed by atoms with Gasteiger partial charge in [0.25, 0.3) is 10.0 Å². The van der Waals surface area contributed by atoms with Crippen molar-refractivity contribution in [2.75, 3.05) is 17.6 Å². The summed E-state index contributed by atoms with van der Waals surface area (Å²) in [5.74, 6) is -0.572. The Kier molecular flexibility index (Phi) is 4.38. The smallest absolute Gasteiger partial charge is 0.265 e. The van der Waals surface area contributed by atoms with Crippen molar-refractivity contribution < 1.29 is 17.5 Å². The Morgan fingerprint density at radius 1 is 1.24 bits per heavy atom. The van der Waals surface area contributed by atoms with Gasteiger partial charge < -0.3 is 10.5 Å². The molecule has 0 heterocycles. The molecule has 0 spiro atoms. The normalized spacial score (nSPS) is 11.2. The number of halogens is 2. The largest absolute Gasteiger partial charge is 0.495 e. The molecule has 0 aliphatic heterocycles. The summed E-state index contributed by atoms with van der Waals surface area (Å²) in [4.78, 5) is -0.110. The number of rotatable bonds is 4. The molecule has 0 saturated heterocycles. The van der Waals surface area contributed by atoms with Crippen molar-refractivity contribution in [2.45, 2.75) is 4.90 Å². The molecular formula is C13H12BrFN2O3S. The molecule has 2 rings (SSSR count). The molecule has 21 heavy (non-hydrogen) atoms. The summed E-state index contributed by atoms with van der Waals surface area (Å²) in [6.07, 6.45) is 0. The highest BCUT2D eigenvalue weighted by Gasteiger charge is 2.21. The fraction of sp³-hybridized carbons (Fsp3) is 0.0769. The number of benzene rings is 2. The Bertz CT molecular complexity index is 781. The third-order valence-electron chi connectivity index (χ3n) is 2.65. The van der Waals surface area contributed by atoms with Crippen molar-refractivity contribution in [1.29, 1.82) is 0 Å². The molecule has 2 aromatic carbocycles. The lowest BCUT2D eigenvalue weighted by Crippen LogP contribution is -2.15. The monoisotopic (exact) mass is 374 g/mol. The van der Waals surface area contributed by atoms with E-state index in [4.69, 9.17) is 10.5 Å². The van der Waals surface area contributed by atoms with E-state index in [1.165, 1.54) is 31.4 Å². The van der Waals surface area contributed by atoms with Gasteiger partial charge in [0.2, 0.25) is 0 Å². The van der Waals surface area contributed by atoms with E-state index in [1.807, 2.05) is 0 Å². The fourth-order valence-electron chi connectivity index (χ4n) is 1.68. The highest BCUT2D eigenvalue weighted by molar-refractivity contribution is 9.10. The molecule has 2 aromatic rings. The van der Waals surface area contributed by atoms with Crippen LogP contribution in [0.25, 0.3) is 0 Å². The van der Waals surface area contributed by atoms with E-state index in [1.54, 1.807) is 6.07 Å². The second-order valence-corrected chi connectivity index (χ2v) is 6.71. The Morgan fingerprint density at radius 2 is 1.95 bits per heavy atom. The van der Waals surface area contributed by atoms with E-state index in [0.717, 1.165) is 6.07 Å². The zero-order valence-corrected chi connectivity index (χ0v) is 13.3. The van der Waals surface area contributed by atoms with Crippen LogP contribution in [0.4, 0.5) is 15.8 Å². The highest BCUT2D eigenvalue weighted by Crippen LogP contribution is 2.29. The molecule has 0 fully saturated rings. The third kappa shape index (κ3) is 3.45. The van der Waals surface area contributed by atoms with E-state index in [-0.39, 0.29) is 22.0 Å². The quantitative estimate of drug-likeness (QED) is 0.806. The van der Waals surface area contributed by atoms with Gasteiger partial charge in [0.05, 0.1) is 12.8 Å². The predicted octanol–water partition coefficient (Wildman–Crippen LogP) is 2.98. The fourth-order valence-corrected chi connectivity index (χ4v) is 3.45. The van der Waals surface area contributed by atoms with Crippen LogP contribution in [-0.2, 0) is 10.0 Å². The number of sulfonamides is 1. The second kappa shape index (κ2) is 5.90. The van der Waals surface area contributed by atoms with Gasteiger partial charge in [-0.15, -0.1) is 0 Å². The molecule has 8 heteroatoms. The van der Waals surface area contributed by atoms with E-state index in [0.29, 0.717) is 4.47 Å². The van der Waals surface area contributed by atoms with Crippen molar-refractivity contribution in [2.24, 2.45) is 0 Å². The van der Waals surface area contributed by atoms with Crippen LogP contribution in [-0.4, -0.2) is 15.5 Å². The number of nitrogen functional groups attached to an aromatic ring is 1. The van der Waals surface area contributed by atoms with Gasteiger partial charge in [0.1, 0.15) is 16.5 Å². The first-order chi connectivity index (χ1) is 9.83. The predicted molar refractivity (Wildman–Crippen MR) is 82.3 cm³/mol. The number of ether oxygens (including phenoxy) is 1. The Hall–Kier alpha value is -1.80. The first-order valence-electron chi connectivity index (χ1n) is 5.75. The average Bonchev–Trinajstić information content (AvgIpc) is 2.42. The van der Waals surface area contributed by atoms with Crippen LogP contribution >= 0.6 is 15.9 Å². The Balaban J connectivity index is 2.48. The molecule has 0 aliphatic carbocycles. The van der Waals surface area contributed by atoms with Crippen LogP contribution < -0.4 is 15.2 Å². The molecule has 0 unspecified atom stereocenters. The molecular weight excluding hydrogens is 363 g/mol. The molecule has 0 atom stereocenters. The average molecular weight is 375 g/mol. The van der Waals surface area contributed by atoms with Crippen molar-refractivity contribution >= 4 is 37.3 Å². The minimum absolute atomic E-state index is 0.110. The topological polar surface area (TPSA) is 81.4 Å². The summed E-state index contributed by atoms with van der Waals surface area (Å²) in [6.45, 7) is 0. The van der Waals surface area contributed by atoms with Gasteiger partial charge in [-0.3, -0.25) is 4.72 Å². The lowest BCUT2D eigenvalue weighted by Gasteiger charge is -2.12. The van der Waals surface area contributed by atoms with Gasteiger partial charge >= 0.3 is 0 Å². The molecule has 5 nitrogen and oxygen atoms in total.